The minimum Gasteiger partial charge on any atom is -0.481 e. The number of carbonyl (C=O) groups is 2. The number of hydrazine groups is 1. The zero-order valence-corrected chi connectivity index (χ0v) is 18.5. The Morgan fingerprint density at radius 3 is 2.81 bits per heavy atom. The van der Waals surface area contributed by atoms with Gasteiger partial charge in [-0.2, -0.15) is 0 Å². The van der Waals surface area contributed by atoms with Crippen molar-refractivity contribution in [2.45, 2.75) is 76.2 Å². The van der Waals surface area contributed by atoms with Crippen LogP contribution in [-0.2, 0) is 16.0 Å². The number of alkyl halides is 2. The highest BCUT2D eigenvalue weighted by molar-refractivity contribution is 5.78. The van der Waals surface area contributed by atoms with Crippen molar-refractivity contribution in [1.29, 1.82) is 0 Å². The van der Waals surface area contributed by atoms with E-state index in [1.165, 1.54) is 14.0 Å². The number of hydrogen-bond donors (Lipinski definition) is 4. The molecule has 1 aliphatic carbocycles. The molecule has 0 radical (unpaired) electrons. The number of rotatable bonds is 8. The molecule has 2 amide bonds. The summed E-state index contributed by atoms with van der Waals surface area (Å²) >= 11 is 0. The van der Waals surface area contributed by atoms with Crippen molar-refractivity contribution in [3.05, 3.63) is 23.9 Å². The lowest BCUT2D eigenvalue weighted by Crippen LogP contribution is -2.45. The van der Waals surface area contributed by atoms with E-state index in [0.717, 1.165) is 18.9 Å². The van der Waals surface area contributed by atoms with Crippen LogP contribution in [0.25, 0.3) is 0 Å². The highest BCUT2D eigenvalue weighted by Crippen LogP contribution is 2.33. The van der Waals surface area contributed by atoms with E-state index in [4.69, 9.17) is 9.47 Å². The van der Waals surface area contributed by atoms with E-state index < -0.39 is 18.1 Å². The first-order chi connectivity index (χ1) is 15.1. The zero-order chi connectivity index (χ0) is 23.3. The molecular weight excluding hydrogens is 424 g/mol. The van der Waals surface area contributed by atoms with Gasteiger partial charge in [-0.15, -0.1) is 0 Å². The van der Waals surface area contributed by atoms with Gasteiger partial charge in [-0.3, -0.25) is 10.2 Å². The average Bonchev–Trinajstić information content (AvgIpc) is 3.36. The number of nitrogens with zero attached hydrogens (tertiary/aromatic N) is 1. The van der Waals surface area contributed by atoms with Gasteiger partial charge >= 0.3 is 6.09 Å². The van der Waals surface area contributed by atoms with Gasteiger partial charge in [-0.25, -0.2) is 24.0 Å². The van der Waals surface area contributed by atoms with E-state index >= 15 is 0 Å². The Labute approximate surface area is 186 Å². The SMILES string of the molecule is COc1cc(CC(=O)NC2CC([C@H]3CC[C@@H](OC(=O)NC(C)C(C)(F)F)C3)NN2)ccn1. The Kier molecular flexibility index (Phi) is 7.83. The summed E-state index contributed by atoms with van der Waals surface area (Å²) in [5, 5.41) is 5.15. The molecule has 0 aromatic carbocycles. The molecule has 2 heterocycles. The van der Waals surface area contributed by atoms with Gasteiger partial charge in [0.25, 0.3) is 5.92 Å². The Hall–Kier alpha value is -2.53. The number of pyridine rings is 1. The van der Waals surface area contributed by atoms with Crippen LogP contribution >= 0.6 is 0 Å². The monoisotopic (exact) mass is 455 g/mol. The number of ether oxygens (including phenoxy) is 2. The smallest absolute Gasteiger partial charge is 0.407 e. The Bertz CT molecular complexity index is 807. The van der Waals surface area contributed by atoms with Crippen LogP contribution in [0.15, 0.2) is 18.3 Å². The Balaban J connectivity index is 1.40. The standard InChI is InChI=1S/C21H31F2N5O4/c1-12(21(2,22)23)25-20(30)32-15-5-4-14(10-15)16-11-17(28-27-16)26-18(29)8-13-6-7-24-19(9-13)31-3/h6-7,9,12,14-17,27-28H,4-5,8,10-11H2,1-3H3,(H,25,30)(H,26,29)/t12?,14-,15+,16?,17?/m0/s1. The summed E-state index contributed by atoms with van der Waals surface area (Å²) in [7, 11) is 1.52. The van der Waals surface area contributed by atoms with Gasteiger partial charge in [-0.1, -0.05) is 0 Å². The molecule has 2 fully saturated rings. The highest BCUT2D eigenvalue weighted by Gasteiger charge is 2.38. The summed E-state index contributed by atoms with van der Waals surface area (Å²) in [6.07, 6.45) is 3.31. The quantitative estimate of drug-likeness (QED) is 0.473. The molecule has 1 aromatic heterocycles. The highest BCUT2D eigenvalue weighted by atomic mass is 19.3. The predicted molar refractivity (Wildman–Crippen MR) is 112 cm³/mol. The third-order valence-corrected chi connectivity index (χ3v) is 6.00. The summed E-state index contributed by atoms with van der Waals surface area (Å²) in [5.41, 5.74) is 7.12. The van der Waals surface area contributed by atoms with E-state index in [-0.39, 0.29) is 36.6 Å². The lowest BCUT2D eigenvalue weighted by molar-refractivity contribution is -0.121. The summed E-state index contributed by atoms with van der Waals surface area (Å²) in [6.45, 7) is 2.00. The van der Waals surface area contributed by atoms with Crippen LogP contribution in [0, 0.1) is 5.92 Å². The molecule has 4 N–H and O–H groups in total. The third kappa shape index (κ3) is 6.73. The largest absolute Gasteiger partial charge is 0.481 e. The number of nitrogens with one attached hydrogen (secondary N) is 4. The predicted octanol–water partition coefficient (Wildman–Crippen LogP) is 1.88. The van der Waals surface area contributed by atoms with E-state index in [1.54, 1.807) is 18.3 Å². The molecule has 178 valence electrons. The number of aromatic nitrogens is 1. The number of carbonyl (C=O) groups excluding carboxylic acids is 2. The molecule has 1 aliphatic heterocycles. The topological polar surface area (TPSA) is 114 Å². The summed E-state index contributed by atoms with van der Waals surface area (Å²) in [6, 6.07) is 2.30. The lowest BCUT2D eigenvalue weighted by atomic mass is 9.96. The summed E-state index contributed by atoms with van der Waals surface area (Å²) in [4.78, 5) is 28.3. The van der Waals surface area contributed by atoms with Crippen molar-refractivity contribution < 1.29 is 27.8 Å². The van der Waals surface area contributed by atoms with Gasteiger partial charge in [0.15, 0.2) is 0 Å². The second-order valence-electron chi connectivity index (χ2n) is 8.56. The van der Waals surface area contributed by atoms with Crippen LogP contribution in [0.3, 0.4) is 0 Å². The van der Waals surface area contributed by atoms with Gasteiger partial charge < -0.3 is 20.1 Å². The molecule has 5 atom stereocenters. The first kappa shape index (κ1) is 24.1. The van der Waals surface area contributed by atoms with Gasteiger partial charge in [0.1, 0.15) is 6.10 Å². The van der Waals surface area contributed by atoms with Crippen LogP contribution in [0.2, 0.25) is 0 Å². The van der Waals surface area contributed by atoms with Crippen molar-refractivity contribution in [3.8, 4) is 5.88 Å². The minimum atomic E-state index is -3.01. The molecule has 11 heteroatoms. The fraction of sp³-hybridized carbons (Fsp3) is 0.667. The molecule has 9 nitrogen and oxygen atoms in total. The molecule has 3 unspecified atom stereocenters. The second kappa shape index (κ2) is 10.4. The Morgan fingerprint density at radius 1 is 1.31 bits per heavy atom. The number of methoxy groups -OCH3 is 1. The van der Waals surface area contributed by atoms with Gasteiger partial charge in [0.05, 0.1) is 25.7 Å². The molecule has 0 spiro atoms. The zero-order valence-electron chi connectivity index (χ0n) is 18.5. The molecule has 3 rings (SSSR count). The normalized spacial score (nSPS) is 26.4. The van der Waals surface area contributed by atoms with Crippen LogP contribution in [-0.4, -0.2) is 54.4 Å². The molecule has 1 aromatic rings. The third-order valence-electron chi connectivity index (χ3n) is 6.00. The Morgan fingerprint density at radius 2 is 2.09 bits per heavy atom. The summed E-state index contributed by atoms with van der Waals surface area (Å²) < 4.78 is 36.8. The number of alkyl carbamates (subject to hydrolysis) is 1. The molecule has 1 saturated carbocycles. The fourth-order valence-electron chi connectivity index (χ4n) is 4.02. The fourth-order valence-corrected chi connectivity index (χ4v) is 4.02. The molecule has 32 heavy (non-hydrogen) atoms. The maximum atomic E-state index is 13.2. The molecule has 0 bridgehead atoms. The van der Waals surface area contributed by atoms with E-state index in [2.05, 4.69) is 26.5 Å². The van der Waals surface area contributed by atoms with E-state index in [9.17, 15) is 18.4 Å². The van der Waals surface area contributed by atoms with E-state index in [0.29, 0.717) is 25.1 Å². The maximum absolute atomic E-state index is 13.2. The minimum absolute atomic E-state index is 0.108. The van der Waals surface area contributed by atoms with Crippen molar-refractivity contribution in [2.75, 3.05) is 7.11 Å². The van der Waals surface area contributed by atoms with Crippen molar-refractivity contribution in [3.63, 3.8) is 0 Å². The van der Waals surface area contributed by atoms with Gasteiger partial charge in [0.2, 0.25) is 11.8 Å². The molecule has 1 saturated heterocycles. The average molecular weight is 456 g/mol. The van der Waals surface area contributed by atoms with Crippen LogP contribution in [0.5, 0.6) is 5.88 Å². The van der Waals surface area contributed by atoms with Crippen molar-refractivity contribution >= 4 is 12.0 Å². The first-order valence-corrected chi connectivity index (χ1v) is 10.8. The molecule has 2 aliphatic rings. The second-order valence-corrected chi connectivity index (χ2v) is 8.56. The summed E-state index contributed by atoms with van der Waals surface area (Å²) in [5.74, 6) is -2.43. The first-order valence-electron chi connectivity index (χ1n) is 10.8. The number of halogens is 2. The van der Waals surface area contributed by atoms with Gasteiger partial charge in [-0.05, 0) is 50.2 Å². The van der Waals surface area contributed by atoms with Crippen LogP contribution < -0.4 is 26.2 Å². The van der Waals surface area contributed by atoms with E-state index in [1.807, 2.05) is 0 Å². The number of amides is 2. The van der Waals surface area contributed by atoms with Crippen molar-refractivity contribution in [2.24, 2.45) is 5.92 Å². The maximum Gasteiger partial charge on any atom is 0.407 e. The van der Waals surface area contributed by atoms with Crippen LogP contribution in [0.1, 0.15) is 45.1 Å². The number of hydrogen-bond acceptors (Lipinski definition) is 7. The van der Waals surface area contributed by atoms with Crippen LogP contribution in [0.4, 0.5) is 13.6 Å². The van der Waals surface area contributed by atoms with Crippen molar-refractivity contribution in [1.82, 2.24) is 26.5 Å². The van der Waals surface area contributed by atoms with Gasteiger partial charge in [0, 0.05) is 25.2 Å². The molecular formula is C21H31F2N5O4. The lowest BCUT2D eigenvalue weighted by Gasteiger charge is -2.22.